The molecule has 0 radical (unpaired) electrons. The first kappa shape index (κ1) is 13.9. The van der Waals surface area contributed by atoms with Crippen molar-refractivity contribution in [2.75, 3.05) is 31.1 Å². The highest BCUT2D eigenvalue weighted by Crippen LogP contribution is 2.37. The number of nitrogens with one attached hydrogen (secondary N) is 1. The summed E-state index contributed by atoms with van der Waals surface area (Å²) in [6, 6.07) is 5.23. The minimum atomic E-state index is -0.118. The van der Waals surface area contributed by atoms with E-state index in [-0.39, 0.29) is 11.2 Å². The smallest absolute Gasteiger partial charge is 0.125 e. The Hall–Kier alpha value is -1.09. The van der Waals surface area contributed by atoms with Gasteiger partial charge in [0.05, 0.1) is 0 Å². The number of anilines is 1. The Balaban J connectivity index is 1.74. The molecule has 0 aromatic heterocycles. The van der Waals surface area contributed by atoms with E-state index >= 15 is 0 Å². The molecule has 110 valence electrons. The molecule has 2 aliphatic rings. The van der Waals surface area contributed by atoms with Gasteiger partial charge in [-0.15, -0.1) is 0 Å². The number of halogens is 1. The molecule has 0 saturated carbocycles. The molecule has 3 rings (SSSR count). The number of benzene rings is 1. The summed E-state index contributed by atoms with van der Waals surface area (Å²) in [5.74, 6) is 0.599. The third-order valence-electron chi connectivity index (χ3n) is 5.04. The van der Waals surface area contributed by atoms with E-state index in [0.717, 1.165) is 38.3 Å². The summed E-state index contributed by atoms with van der Waals surface area (Å²) in [7, 11) is 0. The SMILES string of the molecule is CC(C)(CN1CCc2ccc(F)cc21)C1CCCNC1. The third-order valence-corrected chi connectivity index (χ3v) is 5.04. The maximum Gasteiger partial charge on any atom is 0.125 e. The van der Waals surface area contributed by atoms with Crippen LogP contribution in [0.3, 0.4) is 0 Å². The Morgan fingerprint density at radius 1 is 1.40 bits per heavy atom. The molecule has 3 heteroatoms. The van der Waals surface area contributed by atoms with Crippen LogP contribution >= 0.6 is 0 Å². The zero-order valence-corrected chi connectivity index (χ0v) is 12.6. The third kappa shape index (κ3) is 2.69. The number of piperidine rings is 1. The molecule has 1 aromatic carbocycles. The van der Waals surface area contributed by atoms with Crippen molar-refractivity contribution in [2.45, 2.75) is 33.1 Å². The van der Waals surface area contributed by atoms with Crippen LogP contribution in [0.2, 0.25) is 0 Å². The molecule has 1 fully saturated rings. The van der Waals surface area contributed by atoms with Gasteiger partial charge in [0.25, 0.3) is 0 Å². The zero-order valence-electron chi connectivity index (χ0n) is 12.6. The fourth-order valence-electron chi connectivity index (χ4n) is 3.72. The normalized spacial score (nSPS) is 22.9. The van der Waals surface area contributed by atoms with Crippen LogP contribution in [0.1, 0.15) is 32.3 Å². The van der Waals surface area contributed by atoms with Crippen molar-refractivity contribution in [3.05, 3.63) is 29.6 Å². The molecule has 20 heavy (non-hydrogen) atoms. The molecule has 0 amide bonds. The second-order valence-corrected chi connectivity index (χ2v) is 6.98. The van der Waals surface area contributed by atoms with Crippen molar-refractivity contribution < 1.29 is 4.39 Å². The first-order valence-electron chi connectivity index (χ1n) is 7.80. The van der Waals surface area contributed by atoms with E-state index < -0.39 is 0 Å². The maximum atomic E-state index is 13.5. The zero-order chi connectivity index (χ0) is 14.2. The Bertz CT molecular complexity index is 478. The van der Waals surface area contributed by atoms with Gasteiger partial charge >= 0.3 is 0 Å². The van der Waals surface area contributed by atoms with Crippen molar-refractivity contribution in [1.29, 1.82) is 0 Å². The second-order valence-electron chi connectivity index (χ2n) is 6.98. The molecule has 1 aromatic rings. The van der Waals surface area contributed by atoms with Gasteiger partial charge in [0, 0.05) is 18.8 Å². The molecular formula is C17H25FN2. The first-order valence-corrected chi connectivity index (χ1v) is 7.80. The van der Waals surface area contributed by atoms with E-state index in [0.29, 0.717) is 5.92 Å². The lowest BCUT2D eigenvalue weighted by Crippen LogP contribution is -2.44. The van der Waals surface area contributed by atoms with Crippen LogP contribution in [0.15, 0.2) is 18.2 Å². The highest BCUT2D eigenvalue weighted by atomic mass is 19.1. The number of rotatable bonds is 3. The Labute approximate surface area is 121 Å². The highest BCUT2D eigenvalue weighted by Gasteiger charge is 2.34. The topological polar surface area (TPSA) is 15.3 Å². The van der Waals surface area contributed by atoms with Crippen LogP contribution < -0.4 is 10.2 Å². The van der Waals surface area contributed by atoms with Crippen molar-refractivity contribution in [2.24, 2.45) is 11.3 Å². The van der Waals surface area contributed by atoms with E-state index in [2.05, 4.69) is 24.1 Å². The van der Waals surface area contributed by atoms with E-state index in [4.69, 9.17) is 0 Å². The minimum Gasteiger partial charge on any atom is -0.370 e. The summed E-state index contributed by atoms with van der Waals surface area (Å²) in [4.78, 5) is 2.38. The summed E-state index contributed by atoms with van der Waals surface area (Å²) in [5, 5.41) is 3.52. The van der Waals surface area contributed by atoms with E-state index in [1.807, 2.05) is 6.07 Å². The van der Waals surface area contributed by atoms with Gasteiger partial charge in [0.1, 0.15) is 5.82 Å². The molecule has 2 aliphatic heterocycles. The summed E-state index contributed by atoms with van der Waals surface area (Å²) in [6.07, 6.45) is 3.64. The number of hydrogen-bond donors (Lipinski definition) is 1. The average Bonchev–Trinajstić information content (AvgIpc) is 2.82. The molecule has 1 N–H and O–H groups in total. The standard InChI is InChI=1S/C17H25FN2/c1-17(2,14-4-3-8-19-11-14)12-20-9-7-13-5-6-15(18)10-16(13)20/h5-6,10,14,19H,3-4,7-9,11-12H2,1-2H3. The van der Waals surface area contributed by atoms with Crippen LogP contribution in [0.5, 0.6) is 0 Å². The van der Waals surface area contributed by atoms with Crippen LogP contribution in [-0.2, 0) is 6.42 Å². The largest absolute Gasteiger partial charge is 0.370 e. The van der Waals surface area contributed by atoms with Gasteiger partial charge in [0.2, 0.25) is 0 Å². The van der Waals surface area contributed by atoms with Gasteiger partial charge in [-0.05, 0) is 61.4 Å². The number of fused-ring (bicyclic) bond motifs is 1. The predicted molar refractivity (Wildman–Crippen MR) is 81.7 cm³/mol. The van der Waals surface area contributed by atoms with E-state index in [9.17, 15) is 4.39 Å². The van der Waals surface area contributed by atoms with Crippen LogP contribution in [0, 0.1) is 17.2 Å². The average molecular weight is 276 g/mol. The lowest BCUT2D eigenvalue weighted by Gasteiger charge is -2.40. The fourth-order valence-corrected chi connectivity index (χ4v) is 3.72. The van der Waals surface area contributed by atoms with Gasteiger partial charge in [0.15, 0.2) is 0 Å². The van der Waals surface area contributed by atoms with Crippen LogP contribution in [0.25, 0.3) is 0 Å². The highest BCUT2D eigenvalue weighted by molar-refractivity contribution is 5.58. The predicted octanol–water partition coefficient (Wildman–Crippen LogP) is 3.21. The van der Waals surface area contributed by atoms with Crippen molar-refractivity contribution >= 4 is 5.69 Å². The quantitative estimate of drug-likeness (QED) is 0.912. The molecule has 1 unspecified atom stereocenters. The second kappa shape index (κ2) is 5.36. The molecule has 2 nitrogen and oxygen atoms in total. The molecule has 2 heterocycles. The molecule has 1 saturated heterocycles. The van der Waals surface area contributed by atoms with Gasteiger partial charge in [-0.3, -0.25) is 0 Å². The van der Waals surface area contributed by atoms with E-state index in [1.54, 1.807) is 12.1 Å². The first-order chi connectivity index (χ1) is 9.56. The van der Waals surface area contributed by atoms with Crippen molar-refractivity contribution in [3.63, 3.8) is 0 Å². The van der Waals surface area contributed by atoms with Gasteiger partial charge in [-0.2, -0.15) is 0 Å². The van der Waals surface area contributed by atoms with Crippen LogP contribution in [-0.4, -0.2) is 26.2 Å². The molecular weight excluding hydrogens is 251 g/mol. The summed E-state index contributed by atoms with van der Waals surface area (Å²) in [5.41, 5.74) is 2.67. The summed E-state index contributed by atoms with van der Waals surface area (Å²) < 4.78 is 13.5. The summed E-state index contributed by atoms with van der Waals surface area (Å²) in [6.45, 7) is 9.06. The molecule has 1 atom stereocenters. The number of nitrogens with zero attached hydrogens (tertiary/aromatic N) is 1. The van der Waals surface area contributed by atoms with Crippen LogP contribution in [0.4, 0.5) is 10.1 Å². The van der Waals surface area contributed by atoms with E-state index in [1.165, 1.54) is 18.4 Å². The number of hydrogen-bond acceptors (Lipinski definition) is 2. The Morgan fingerprint density at radius 3 is 3.00 bits per heavy atom. The molecule has 0 aliphatic carbocycles. The monoisotopic (exact) mass is 276 g/mol. The molecule has 0 bridgehead atoms. The summed E-state index contributed by atoms with van der Waals surface area (Å²) >= 11 is 0. The Morgan fingerprint density at radius 2 is 2.25 bits per heavy atom. The lowest BCUT2D eigenvalue weighted by molar-refractivity contribution is 0.177. The Kier molecular flexibility index (Phi) is 3.72. The van der Waals surface area contributed by atoms with Crippen molar-refractivity contribution in [3.8, 4) is 0 Å². The fraction of sp³-hybridized carbons (Fsp3) is 0.647. The maximum absolute atomic E-state index is 13.5. The van der Waals surface area contributed by atoms with Gasteiger partial charge < -0.3 is 10.2 Å². The molecule has 0 spiro atoms. The minimum absolute atomic E-state index is 0.118. The van der Waals surface area contributed by atoms with Crippen molar-refractivity contribution in [1.82, 2.24) is 5.32 Å². The van der Waals surface area contributed by atoms with Gasteiger partial charge in [-0.1, -0.05) is 19.9 Å². The lowest BCUT2D eigenvalue weighted by atomic mass is 9.74. The van der Waals surface area contributed by atoms with Gasteiger partial charge in [-0.25, -0.2) is 4.39 Å².